The van der Waals surface area contributed by atoms with Crippen LogP contribution in [0.15, 0.2) is 54.6 Å². The largest absolute Gasteiger partial charge is 0.394 e. The fourth-order valence-corrected chi connectivity index (χ4v) is 3.61. The molecule has 1 aliphatic heterocycles. The fourth-order valence-electron chi connectivity index (χ4n) is 3.61. The van der Waals surface area contributed by atoms with Gasteiger partial charge in [0.05, 0.1) is 12.6 Å². The molecule has 3 rings (SSSR count). The molecule has 1 aliphatic rings. The van der Waals surface area contributed by atoms with E-state index in [0.29, 0.717) is 12.1 Å². The standard InChI is InChI=1S/C22H26N2O3/c1-3-15(2)20(24-13-17-11-7-8-12-18(17)22(24)27)21(26)23-19(14-25)16-9-5-4-6-10-16/h4-12,15,19-20,25H,3,13-14H2,1-2H3,(H,23,26)/t15-,19-,20-/m0/s1. The normalized spacial score (nSPS) is 16.6. The molecule has 27 heavy (non-hydrogen) atoms. The third-order valence-electron chi connectivity index (χ3n) is 5.34. The van der Waals surface area contributed by atoms with Crippen LogP contribution in [0.2, 0.25) is 0 Å². The van der Waals surface area contributed by atoms with Crippen LogP contribution < -0.4 is 5.32 Å². The van der Waals surface area contributed by atoms with Crippen molar-refractivity contribution in [1.82, 2.24) is 10.2 Å². The molecule has 0 unspecified atom stereocenters. The molecule has 1 heterocycles. The Morgan fingerprint density at radius 2 is 1.81 bits per heavy atom. The summed E-state index contributed by atoms with van der Waals surface area (Å²) in [5.74, 6) is -0.335. The predicted molar refractivity (Wildman–Crippen MR) is 104 cm³/mol. The average molecular weight is 366 g/mol. The van der Waals surface area contributed by atoms with Crippen LogP contribution in [0.25, 0.3) is 0 Å². The number of aliphatic hydroxyl groups excluding tert-OH is 1. The van der Waals surface area contributed by atoms with E-state index >= 15 is 0 Å². The van der Waals surface area contributed by atoms with E-state index in [9.17, 15) is 14.7 Å². The van der Waals surface area contributed by atoms with Gasteiger partial charge in [0.1, 0.15) is 6.04 Å². The molecule has 2 amide bonds. The van der Waals surface area contributed by atoms with E-state index in [-0.39, 0.29) is 24.3 Å². The molecule has 2 N–H and O–H groups in total. The Morgan fingerprint density at radius 1 is 1.15 bits per heavy atom. The van der Waals surface area contributed by atoms with Crippen molar-refractivity contribution in [2.75, 3.05) is 6.61 Å². The maximum atomic E-state index is 13.2. The Hall–Kier alpha value is -2.66. The zero-order chi connectivity index (χ0) is 19.4. The number of hydrogen-bond acceptors (Lipinski definition) is 3. The molecule has 2 aromatic rings. The zero-order valence-corrected chi connectivity index (χ0v) is 15.8. The summed E-state index contributed by atoms with van der Waals surface area (Å²) < 4.78 is 0. The summed E-state index contributed by atoms with van der Waals surface area (Å²) in [6.45, 7) is 4.24. The van der Waals surface area contributed by atoms with Gasteiger partial charge in [-0.15, -0.1) is 0 Å². The molecule has 3 atom stereocenters. The highest BCUT2D eigenvalue weighted by Crippen LogP contribution is 2.28. The number of carbonyl (C=O) groups excluding carboxylic acids is 2. The van der Waals surface area contributed by atoms with Gasteiger partial charge in [0.15, 0.2) is 0 Å². The van der Waals surface area contributed by atoms with Gasteiger partial charge in [0.25, 0.3) is 5.91 Å². The van der Waals surface area contributed by atoms with Crippen LogP contribution in [-0.4, -0.2) is 34.5 Å². The molecule has 0 radical (unpaired) electrons. The molecule has 0 saturated heterocycles. The molecule has 0 aromatic heterocycles. The van der Waals surface area contributed by atoms with Crippen LogP contribution in [0.1, 0.15) is 47.8 Å². The Labute approximate surface area is 160 Å². The Morgan fingerprint density at radius 3 is 2.44 bits per heavy atom. The van der Waals surface area contributed by atoms with Crippen molar-refractivity contribution in [3.63, 3.8) is 0 Å². The third-order valence-corrected chi connectivity index (χ3v) is 5.34. The highest BCUT2D eigenvalue weighted by molar-refractivity contribution is 6.01. The van der Waals surface area contributed by atoms with Gasteiger partial charge in [-0.3, -0.25) is 9.59 Å². The van der Waals surface area contributed by atoms with Crippen LogP contribution in [0, 0.1) is 5.92 Å². The lowest BCUT2D eigenvalue weighted by Gasteiger charge is -2.32. The quantitative estimate of drug-likeness (QED) is 0.792. The molecule has 0 bridgehead atoms. The fraction of sp³-hybridized carbons (Fsp3) is 0.364. The van der Waals surface area contributed by atoms with Crippen molar-refractivity contribution >= 4 is 11.8 Å². The van der Waals surface area contributed by atoms with Crippen LogP contribution in [-0.2, 0) is 11.3 Å². The lowest BCUT2D eigenvalue weighted by Crippen LogP contribution is -2.51. The molecule has 5 heteroatoms. The monoisotopic (exact) mass is 366 g/mol. The first-order valence-electron chi connectivity index (χ1n) is 9.41. The number of aliphatic hydroxyl groups is 1. The number of nitrogens with one attached hydrogen (secondary N) is 1. The summed E-state index contributed by atoms with van der Waals surface area (Å²) in [5, 5.41) is 12.7. The second-order valence-corrected chi connectivity index (χ2v) is 7.08. The average Bonchev–Trinajstić information content (AvgIpc) is 3.03. The second-order valence-electron chi connectivity index (χ2n) is 7.08. The minimum absolute atomic E-state index is 0.00150. The van der Waals surface area contributed by atoms with E-state index in [1.807, 2.05) is 68.4 Å². The number of amides is 2. The van der Waals surface area contributed by atoms with Gasteiger partial charge in [-0.25, -0.2) is 0 Å². The number of benzene rings is 2. The Balaban J connectivity index is 1.83. The first kappa shape index (κ1) is 19.1. The molecule has 0 aliphatic carbocycles. The maximum Gasteiger partial charge on any atom is 0.255 e. The Bertz CT molecular complexity index is 806. The third kappa shape index (κ3) is 3.88. The summed E-state index contributed by atoms with van der Waals surface area (Å²) in [5.41, 5.74) is 2.46. The number of rotatable bonds is 7. The molecule has 5 nitrogen and oxygen atoms in total. The summed E-state index contributed by atoms with van der Waals surface area (Å²) >= 11 is 0. The van der Waals surface area contributed by atoms with Gasteiger partial charge in [0.2, 0.25) is 5.91 Å². The van der Waals surface area contributed by atoms with Gasteiger partial charge in [-0.2, -0.15) is 0 Å². The summed E-state index contributed by atoms with van der Waals surface area (Å²) in [6, 6.07) is 15.8. The Kier molecular flexibility index (Phi) is 5.91. The van der Waals surface area contributed by atoms with E-state index in [1.165, 1.54) is 0 Å². The van der Waals surface area contributed by atoms with Crippen LogP contribution >= 0.6 is 0 Å². The zero-order valence-electron chi connectivity index (χ0n) is 15.8. The molecule has 142 valence electrons. The highest BCUT2D eigenvalue weighted by atomic mass is 16.3. The molecule has 0 saturated carbocycles. The van der Waals surface area contributed by atoms with Crippen molar-refractivity contribution in [2.45, 2.75) is 38.9 Å². The summed E-state index contributed by atoms with van der Waals surface area (Å²) in [7, 11) is 0. The first-order valence-corrected chi connectivity index (χ1v) is 9.41. The van der Waals surface area contributed by atoms with Gasteiger partial charge < -0.3 is 15.3 Å². The van der Waals surface area contributed by atoms with E-state index in [0.717, 1.165) is 17.5 Å². The first-order chi connectivity index (χ1) is 13.1. The predicted octanol–water partition coefficient (Wildman–Crippen LogP) is 2.91. The maximum absolute atomic E-state index is 13.2. The van der Waals surface area contributed by atoms with Crippen LogP contribution in [0.4, 0.5) is 0 Å². The molecule has 0 spiro atoms. The molecule has 2 aromatic carbocycles. The van der Waals surface area contributed by atoms with E-state index in [2.05, 4.69) is 5.32 Å². The smallest absolute Gasteiger partial charge is 0.255 e. The lowest BCUT2D eigenvalue weighted by molar-refractivity contribution is -0.128. The van der Waals surface area contributed by atoms with Crippen LogP contribution in [0.3, 0.4) is 0 Å². The van der Waals surface area contributed by atoms with Gasteiger partial charge in [0, 0.05) is 12.1 Å². The van der Waals surface area contributed by atoms with E-state index < -0.39 is 12.1 Å². The SMILES string of the molecule is CC[C@H](C)[C@@H](C(=O)N[C@@H](CO)c1ccccc1)N1Cc2ccccc2C1=O. The van der Waals surface area contributed by atoms with Crippen molar-refractivity contribution in [1.29, 1.82) is 0 Å². The van der Waals surface area contributed by atoms with Gasteiger partial charge >= 0.3 is 0 Å². The number of hydrogen-bond donors (Lipinski definition) is 2. The number of fused-ring (bicyclic) bond motifs is 1. The lowest BCUT2D eigenvalue weighted by atomic mass is 9.96. The van der Waals surface area contributed by atoms with Gasteiger partial charge in [-0.05, 0) is 23.1 Å². The minimum atomic E-state index is -0.576. The van der Waals surface area contributed by atoms with Crippen molar-refractivity contribution in [3.8, 4) is 0 Å². The summed E-state index contributed by atoms with van der Waals surface area (Å²) in [4.78, 5) is 27.7. The van der Waals surface area contributed by atoms with Crippen molar-refractivity contribution < 1.29 is 14.7 Å². The number of carbonyl (C=O) groups is 2. The topological polar surface area (TPSA) is 69.6 Å². The van der Waals surface area contributed by atoms with E-state index in [1.54, 1.807) is 4.90 Å². The molecular formula is C22H26N2O3. The summed E-state index contributed by atoms with van der Waals surface area (Å²) in [6.07, 6.45) is 0.771. The van der Waals surface area contributed by atoms with Crippen molar-refractivity contribution in [2.24, 2.45) is 5.92 Å². The number of nitrogens with zero attached hydrogens (tertiary/aromatic N) is 1. The van der Waals surface area contributed by atoms with E-state index in [4.69, 9.17) is 0 Å². The molecule has 0 fully saturated rings. The second kappa shape index (κ2) is 8.35. The highest BCUT2D eigenvalue weighted by Gasteiger charge is 2.39. The minimum Gasteiger partial charge on any atom is -0.394 e. The van der Waals surface area contributed by atoms with Crippen LogP contribution in [0.5, 0.6) is 0 Å². The van der Waals surface area contributed by atoms with Crippen molar-refractivity contribution in [3.05, 3.63) is 71.3 Å². The van der Waals surface area contributed by atoms with Gasteiger partial charge in [-0.1, -0.05) is 68.8 Å². The molecular weight excluding hydrogens is 340 g/mol.